The molecular weight excluding hydrogens is 250 g/mol. The summed E-state index contributed by atoms with van der Waals surface area (Å²) < 4.78 is 5.51. The lowest BCUT2D eigenvalue weighted by molar-refractivity contribution is 0.102. The molecule has 1 heterocycles. The summed E-state index contributed by atoms with van der Waals surface area (Å²) in [6.07, 6.45) is 3.90. The second-order valence-electron chi connectivity index (χ2n) is 5.64. The lowest BCUT2D eigenvalue weighted by Gasteiger charge is -2.20. The Balaban J connectivity index is 1.71. The lowest BCUT2D eigenvalue weighted by Crippen LogP contribution is -2.33. The largest absolute Gasteiger partial charge is 0.493 e. The molecule has 2 rings (SSSR count). The fourth-order valence-corrected chi connectivity index (χ4v) is 2.88. The molecule has 1 unspecified atom stereocenters. The monoisotopic (exact) mass is 277 g/mol. The van der Waals surface area contributed by atoms with Gasteiger partial charge in [-0.1, -0.05) is 38.8 Å². The molecule has 0 saturated carbocycles. The highest BCUT2D eigenvalue weighted by atomic mass is 16.5. The molecule has 2 N–H and O–H groups in total. The van der Waals surface area contributed by atoms with E-state index in [-0.39, 0.29) is 6.10 Å². The summed E-state index contributed by atoms with van der Waals surface area (Å²) in [4.78, 5) is 0. The summed E-state index contributed by atoms with van der Waals surface area (Å²) in [5, 5.41) is 13.4. The van der Waals surface area contributed by atoms with Crippen LogP contribution in [-0.2, 0) is 12.8 Å². The average Bonchev–Trinajstić information content (AvgIpc) is 2.92. The zero-order chi connectivity index (χ0) is 14.4. The molecule has 20 heavy (non-hydrogen) atoms. The summed E-state index contributed by atoms with van der Waals surface area (Å²) in [7, 11) is 0. The third-order valence-corrected chi connectivity index (χ3v) is 4.29. The molecule has 0 aliphatic carbocycles. The van der Waals surface area contributed by atoms with Crippen LogP contribution in [0.3, 0.4) is 0 Å². The summed E-state index contributed by atoms with van der Waals surface area (Å²) in [5.41, 5.74) is 2.68. The van der Waals surface area contributed by atoms with Crippen molar-refractivity contribution in [1.29, 1.82) is 0 Å². The zero-order valence-electron chi connectivity index (χ0n) is 12.7. The highest BCUT2D eigenvalue weighted by Gasteiger charge is 2.15. The van der Waals surface area contributed by atoms with E-state index < -0.39 is 0 Å². The van der Waals surface area contributed by atoms with E-state index in [0.717, 1.165) is 44.6 Å². The molecule has 1 aliphatic rings. The Labute approximate surface area is 122 Å². The molecule has 1 aliphatic heterocycles. The summed E-state index contributed by atoms with van der Waals surface area (Å²) >= 11 is 0. The average molecular weight is 277 g/mol. The third-order valence-electron chi connectivity index (χ3n) is 4.29. The molecule has 1 atom stereocenters. The van der Waals surface area contributed by atoms with Crippen LogP contribution in [0.5, 0.6) is 5.75 Å². The van der Waals surface area contributed by atoms with Gasteiger partial charge >= 0.3 is 0 Å². The van der Waals surface area contributed by atoms with E-state index >= 15 is 0 Å². The van der Waals surface area contributed by atoms with Gasteiger partial charge in [0.2, 0.25) is 0 Å². The predicted molar refractivity (Wildman–Crippen MR) is 82.3 cm³/mol. The summed E-state index contributed by atoms with van der Waals surface area (Å²) in [5.74, 6) is 1.46. The van der Waals surface area contributed by atoms with Crippen LogP contribution < -0.4 is 10.1 Å². The van der Waals surface area contributed by atoms with Crippen LogP contribution in [-0.4, -0.2) is 30.9 Å². The van der Waals surface area contributed by atoms with Crippen molar-refractivity contribution in [2.24, 2.45) is 5.92 Å². The van der Waals surface area contributed by atoms with Gasteiger partial charge in [0.15, 0.2) is 0 Å². The number of hydrogen-bond acceptors (Lipinski definition) is 3. The van der Waals surface area contributed by atoms with Gasteiger partial charge in [0.1, 0.15) is 5.75 Å². The van der Waals surface area contributed by atoms with Crippen LogP contribution in [0, 0.1) is 5.92 Å². The van der Waals surface area contributed by atoms with Crippen molar-refractivity contribution in [1.82, 2.24) is 5.32 Å². The molecule has 0 amide bonds. The first-order valence-corrected chi connectivity index (χ1v) is 7.88. The van der Waals surface area contributed by atoms with Crippen LogP contribution >= 0.6 is 0 Å². The van der Waals surface area contributed by atoms with E-state index in [2.05, 4.69) is 37.4 Å². The number of ether oxygens (including phenoxy) is 1. The first-order valence-electron chi connectivity index (χ1n) is 7.88. The molecule has 1 aromatic rings. The lowest BCUT2D eigenvalue weighted by atomic mass is 9.96. The normalized spacial score (nSPS) is 15.2. The van der Waals surface area contributed by atoms with Crippen LogP contribution in [0.15, 0.2) is 18.2 Å². The number of nitrogens with one attached hydrogen (secondary N) is 1. The highest BCUT2D eigenvalue weighted by Crippen LogP contribution is 2.25. The Kier molecular flexibility index (Phi) is 5.86. The Morgan fingerprint density at radius 1 is 1.30 bits per heavy atom. The summed E-state index contributed by atoms with van der Waals surface area (Å²) in [6, 6.07) is 6.47. The molecule has 0 bridgehead atoms. The van der Waals surface area contributed by atoms with Gasteiger partial charge in [-0.3, -0.25) is 0 Å². The van der Waals surface area contributed by atoms with Gasteiger partial charge in [-0.15, -0.1) is 0 Å². The van der Waals surface area contributed by atoms with E-state index in [4.69, 9.17) is 4.74 Å². The number of aliphatic hydroxyl groups is 1. The van der Waals surface area contributed by atoms with Gasteiger partial charge in [-0.2, -0.15) is 0 Å². The number of fused-ring (bicyclic) bond motifs is 1. The molecule has 3 heteroatoms. The maximum absolute atomic E-state index is 10.1. The molecule has 0 aromatic heterocycles. The van der Waals surface area contributed by atoms with Crippen molar-refractivity contribution in [2.45, 2.75) is 45.6 Å². The fraction of sp³-hybridized carbons (Fsp3) is 0.647. The van der Waals surface area contributed by atoms with Crippen LogP contribution in [0.4, 0.5) is 0 Å². The van der Waals surface area contributed by atoms with Gasteiger partial charge < -0.3 is 15.2 Å². The number of hydrogen-bond donors (Lipinski definition) is 2. The number of rotatable bonds is 8. The maximum Gasteiger partial charge on any atom is 0.122 e. The fourth-order valence-electron chi connectivity index (χ4n) is 2.88. The van der Waals surface area contributed by atoms with Crippen molar-refractivity contribution in [3.8, 4) is 5.75 Å². The van der Waals surface area contributed by atoms with Gasteiger partial charge in [-0.05, 0) is 36.1 Å². The maximum atomic E-state index is 10.1. The highest BCUT2D eigenvalue weighted by molar-refractivity contribution is 5.39. The second-order valence-corrected chi connectivity index (χ2v) is 5.64. The number of aliphatic hydroxyl groups excluding tert-OH is 1. The van der Waals surface area contributed by atoms with Crippen molar-refractivity contribution in [3.63, 3.8) is 0 Å². The van der Waals surface area contributed by atoms with Gasteiger partial charge in [0.05, 0.1) is 12.7 Å². The van der Waals surface area contributed by atoms with Gasteiger partial charge in [-0.25, -0.2) is 0 Å². The smallest absolute Gasteiger partial charge is 0.122 e. The van der Waals surface area contributed by atoms with Crippen LogP contribution in [0.25, 0.3) is 0 Å². The quantitative estimate of drug-likeness (QED) is 0.718. The van der Waals surface area contributed by atoms with E-state index in [0.29, 0.717) is 12.5 Å². The van der Waals surface area contributed by atoms with Crippen molar-refractivity contribution < 1.29 is 9.84 Å². The zero-order valence-corrected chi connectivity index (χ0v) is 12.7. The molecule has 1 aromatic carbocycles. The van der Waals surface area contributed by atoms with Crippen LogP contribution in [0.2, 0.25) is 0 Å². The molecular formula is C17H27NO2. The Morgan fingerprint density at radius 3 is 2.85 bits per heavy atom. The standard InChI is InChI=1S/C17H27NO2/c1-3-14(4-2)16(19)12-18-9-7-13-5-6-17-15(11-13)8-10-20-17/h5-6,11,14,16,18-19H,3-4,7-10,12H2,1-2H3. The minimum atomic E-state index is -0.224. The van der Waals surface area contributed by atoms with Crippen molar-refractivity contribution in [2.75, 3.05) is 19.7 Å². The SMILES string of the molecule is CCC(CC)C(O)CNCCc1ccc2c(c1)CCO2. The molecule has 0 radical (unpaired) electrons. The minimum Gasteiger partial charge on any atom is -0.493 e. The summed E-state index contributed by atoms with van der Waals surface area (Å²) in [6.45, 7) is 6.71. The van der Waals surface area contributed by atoms with E-state index in [1.807, 2.05) is 0 Å². The van der Waals surface area contributed by atoms with E-state index in [1.165, 1.54) is 11.1 Å². The van der Waals surface area contributed by atoms with Crippen LogP contribution in [0.1, 0.15) is 37.8 Å². The molecule has 112 valence electrons. The molecule has 0 spiro atoms. The minimum absolute atomic E-state index is 0.224. The topological polar surface area (TPSA) is 41.5 Å². The first kappa shape index (κ1) is 15.3. The molecule has 0 fully saturated rings. The molecule has 3 nitrogen and oxygen atoms in total. The Bertz CT molecular complexity index is 415. The van der Waals surface area contributed by atoms with E-state index in [9.17, 15) is 5.11 Å². The van der Waals surface area contributed by atoms with Gasteiger partial charge in [0.25, 0.3) is 0 Å². The Morgan fingerprint density at radius 2 is 2.10 bits per heavy atom. The third kappa shape index (κ3) is 3.97. The van der Waals surface area contributed by atoms with Crippen molar-refractivity contribution >= 4 is 0 Å². The first-order chi connectivity index (χ1) is 9.74. The predicted octanol–water partition coefficient (Wildman–Crippen LogP) is 2.55. The van der Waals surface area contributed by atoms with Gasteiger partial charge in [0, 0.05) is 13.0 Å². The number of benzene rings is 1. The Hall–Kier alpha value is -1.06. The van der Waals surface area contributed by atoms with Crippen molar-refractivity contribution in [3.05, 3.63) is 29.3 Å². The second kappa shape index (κ2) is 7.65. The van der Waals surface area contributed by atoms with E-state index in [1.54, 1.807) is 0 Å². The molecule has 0 saturated heterocycles.